The first kappa shape index (κ1) is 21.2. The third-order valence-corrected chi connectivity index (χ3v) is 6.26. The van der Waals surface area contributed by atoms with Gasteiger partial charge in [0.2, 0.25) is 5.82 Å². The fraction of sp³-hybridized carbons (Fsp3) is 0.318. The Morgan fingerprint density at radius 3 is 2.60 bits per heavy atom. The van der Waals surface area contributed by atoms with Crippen LogP contribution in [0.3, 0.4) is 0 Å². The van der Waals surface area contributed by atoms with Crippen molar-refractivity contribution in [2.24, 2.45) is 0 Å². The van der Waals surface area contributed by atoms with Crippen LogP contribution in [0.25, 0.3) is 0 Å². The van der Waals surface area contributed by atoms with Crippen LogP contribution < -0.4 is 9.88 Å². The Morgan fingerprint density at radius 1 is 1.03 bits per heavy atom. The van der Waals surface area contributed by atoms with Crippen molar-refractivity contribution >= 4 is 46.3 Å². The zero-order valence-electron chi connectivity index (χ0n) is 16.4. The molecule has 2 aromatic carbocycles. The molecule has 0 spiro atoms. The molecule has 0 atom stereocenters. The van der Waals surface area contributed by atoms with Crippen LogP contribution in [0.15, 0.2) is 42.5 Å². The lowest BCUT2D eigenvalue weighted by molar-refractivity contribution is -0.710. The van der Waals surface area contributed by atoms with Crippen molar-refractivity contribution in [3.8, 4) is 0 Å². The lowest BCUT2D eigenvalue weighted by atomic mass is 10.1. The van der Waals surface area contributed by atoms with E-state index in [2.05, 4.69) is 9.88 Å². The number of hydrogen-bond donors (Lipinski definition) is 1. The third kappa shape index (κ3) is 4.80. The lowest BCUT2D eigenvalue weighted by Gasteiger charge is -2.04. The van der Waals surface area contributed by atoms with Gasteiger partial charge in [0.05, 0.1) is 16.6 Å². The van der Waals surface area contributed by atoms with E-state index in [1.165, 1.54) is 6.42 Å². The van der Waals surface area contributed by atoms with Crippen molar-refractivity contribution < 1.29 is 9.36 Å². The predicted molar refractivity (Wildman–Crippen MR) is 120 cm³/mol. The molecule has 1 aliphatic heterocycles. The summed E-state index contributed by atoms with van der Waals surface area (Å²) in [5.74, 6) is 1.97. The summed E-state index contributed by atoms with van der Waals surface area (Å²) in [5.41, 5.74) is 1.51. The van der Waals surface area contributed by atoms with Crippen molar-refractivity contribution in [3.63, 3.8) is 0 Å². The highest BCUT2D eigenvalue weighted by Gasteiger charge is 2.28. The van der Waals surface area contributed by atoms with Crippen LogP contribution in [-0.4, -0.2) is 15.6 Å². The van der Waals surface area contributed by atoms with E-state index in [-0.39, 0.29) is 12.3 Å². The molecule has 0 radical (unpaired) electrons. The van der Waals surface area contributed by atoms with Gasteiger partial charge in [0.25, 0.3) is 5.82 Å². The summed E-state index contributed by atoms with van der Waals surface area (Å²) in [5, 5.41) is 9.70. The molecule has 1 aromatic heterocycles. The Morgan fingerprint density at radius 2 is 1.83 bits per heavy atom. The first-order chi connectivity index (χ1) is 14.5. The Kier molecular flexibility index (Phi) is 6.61. The number of hydrogen-bond acceptors (Lipinski definition) is 3. The van der Waals surface area contributed by atoms with Gasteiger partial charge in [-0.05, 0) is 61.7 Å². The van der Waals surface area contributed by atoms with Crippen molar-refractivity contribution in [1.82, 2.24) is 9.78 Å². The minimum absolute atomic E-state index is 0.0408. The van der Waals surface area contributed by atoms with Crippen molar-refractivity contribution in [3.05, 3.63) is 74.7 Å². The van der Waals surface area contributed by atoms with Gasteiger partial charge in [-0.15, -0.1) is 4.68 Å². The number of halogens is 3. The van der Waals surface area contributed by atoms with E-state index < -0.39 is 0 Å². The predicted octanol–water partition coefficient (Wildman–Crippen LogP) is 5.35. The highest BCUT2D eigenvalue weighted by molar-refractivity contribution is 6.42. The fourth-order valence-electron chi connectivity index (χ4n) is 3.69. The second kappa shape index (κ2) is 9.38. The van der Waals surface area contributed by atoms with E-state index in [1.807, 2.05) is 28.9 Å². The molecule has 156 valence electrons. The van der Waals surface area contributed by atoms with Crippen LogP contribution >= 0.6 is 34.8 Å². The Bertz CT molecular complexity index is 1060. The van der Waals surface area contributed by atoms with Crippen LogP contribution in [0.1, 0.15) is 41.3 Å². The van der Waals surface area contributed by atoms with Gasteiger partial charge in [0.1, 0.15) is 6.54 Å². The first-order valence-corrected chi connectivity index (χ1v) is 11.1. The topological polar surface area (TPSA) is 50.8 Å². The second-order valence-electron chi connectivity index (χ2n) is 7.36. The summed E-state index contributed by atoms with van der Waals surface area (Å²) in [4.78, 5) is 12.9. The Labute approximate surface area is 190 Å². The van der Waals surface area contributed by atoms with Gasteiger partial charge in [-0.3, -0.25) is 4.79 Å². The van der Waals surface area contributed by atoms with E-state index in [1.54, 1.807) is 18.2 Å². The van der Waals surface area contributed by atoms with E-state index in [0.29, 0.717) is 27.2 Å². The summed E-state index contributed by atoms with van der Waals surface area (Å²) < 4.78 is 4.09. The number of ketones is 1. The normalized spacial score (nSPS) is 13.6. The number of fused-ring (bicyclic) bond motifs is 1. The summed E-state index contributed by atoms with van der Waals surface area (Å²) in [6, 6.07) is 12.6. The van der Waals surface area contributed by atoms with Gasteiger partial charge < -0.3 is 5.32 Å². The zero-order valence-corrected chi connectivity index (χ0v) is 18.6. The molecule has 0 saturated heterocycles. The van der Waals surface area contributed by atoms with Crippen molar-refractivity contribution in [2.45, 2.75) is 45.3 Å². The molecule has 0 saturated carbocycles. The van der Waals surface area contributed by atoms with Crippen LogP contribution in [0.5, 0.6) is 0 Å². The highest BCUT2D eigenvalue weighted by Crippen LogP contribution is 2.23. The molecule has 0 unspecified atom stereocenters. The molecule has 2 heterocycles. The molecule has 4 rings (SSSR count). The lowest BCUT2D eigenvalue weighted by Crippen LogP contribution is -2.41. The van der Waals surface area contributed by atoms with Gasteiger partial charge in [-0.25, -0.2) is 4.57 Å². The molecular formula is C22H22Cl3N4O+. The second-order valence-corrected chi connectivity index (χ2v) is 8.62. The number of carbonyl (C=O) groups is 1. The Hall–Kier alpha value is -2.08. The van der Waals surface area contributed by atoms with Crippen LogP contribution in [0.2, 0.25) is 15.1 Å². The number of carbonyl (C=O) groups excluding carboxylic acids is 1. The molecule has 0 fully saturated rings. The van der Waals surface area contributed by atoms with Gasteiger partial charge >= 0.3 is 0 Å². The quantitative estimate of drug-likeness (QED) is 0.395. The molecule has 0 bridgehead atoms. The number of anilines is 1. The summed E-state index contributed by atoms with van der Waals surface area (Å²) in [6.07, 6.45) is 4.28. The highest BCUT2D eigenvalue weighted by atomic mass is 35.5. The van der Waals surface area contributed by atoms with Crippen molar-refractivity contribution in [2.75, 3.05) is 5.32 Å². The Balaban J connectivity index is 1.57. The van der Waals surface area contributed by atoms with E-state index in [4.69, 9.17) is 39.9 Å². The summed E-state index contributed by atoms with van der Waals surface area (Å²) >= 11 is 18.0. The van der Waals surface area contributed by atoms with Gasteiger partial charge in [0.15, 0.2) is 12.3 Å². The average Bonchev–Trinajstić information content (AvgIpc) is 2.90. The maximum absolute atomic E-state index is 12.9. The van der Waals surface area contributed by atoms with E-state index in [0.717, 1.165) is 43.1 Å². The minimum Gasteiger partial charge on any atom is -0.375 e. The number of benzene rings is 2. The van der Waals surface area contributed by atoms with Crippen molar-refractivity contribution in [1.29, 1.82) is 0 Å². The molecule has 8 heteroatoms. The summed E-state index contributed by atoms with van der Waals surface area (Å²) in [6.45, 7) is 1.66. The number of Topliss-reactive ketones (excluding diaryl/α,β-unsaturated/α-hetero) is 1. The SMILES string of the molecule is O=C(Cn1nc(CNc2ccc(Cl)cc2)[n+]2c1CCCCC2)c1ccc(Cl)c(Cl)c1. The average molecular weight is 465 g/mol. The minimum atomic E-state index is -0.0408. The largest absolute Gasteiger partial charge is 0.375 e. The molecule has 1 N–H and O–H groups in total. The zero-order chi connectivity index (χ0) is 21.1. The van der Waals surface area contributed by atoms with E-state index in [9.17, 15) is 4.79 Å². The smallest absolute Gasteiger partial charge is 0.296 e. The maximum Gasteiger partial charge on any atom is 0.296 e. The van der Waals surface area contributed by atoms with Crippen LogP contribution in [0, 0.1) is 0 Å². The number of nitrogens with one attached hydrogen (secondary N) is 1. The molecule has 1 aliphatic rings. The monoisotopic (exact) mass is 463 g/mol. The maximum atomic E-state index is 12.9. The van der Waals surface area contributed by atoms with Gasteiger partial charge in [-0.2, -0.15) is 0 Å². The fourth-order valence-corrected chi connectivity index (χ4v) is 4.12. The summed E-state index contributed by atoms with van der Waals surface area (Å²) in [7, 11) is 0. The third-order valence-electron chi connectivity index (χ3n) is 5.27. The molecule has 30 heavy (non-hydrogen) atoms. The molecule has 0 amide bonds. The first-order valence-electron chi connectivity index (χ1n) is 9.97. The standard InChI is InChI=1S/C22H22Cl3N4O/c23-16-6-8-17(9-7-16)26-13-21-27-29(22-4-2-1-3-11-28(21)22)14-20(30)15-5-10-18(24)19(25)12-15/h5-10,12,26H,1-4,11,13-14H2/q+1. The number of aromatic nitrogens is 3. The molecule has 3 aromatic rings. The molecule has 0 aliphatic carbocycles. The van der Waals surface area contributed by atoms with Gasteiger partial charge in [-0.1, -0.05) is 34.8 Å². The van der Waals surface area contributed by atoms with Crippen LogP contribution in [-0.2, 0) is 26.1 Å². The molecular weight excluding hydrogens is 443 g/mol. The number of nitrogens with zero attached hydrogens (tertiary/aromatic N) is 3. The number of rotatable bonds is 6. The van der Waals surface area contributed by atoms with Crippen LogP contribution in [0.4, 0.5) is 5.69 Å². The van der Waals surface area contributed by atoms with Gasteiger partial charge in [0, 0.05) is 27.8 Å². The van der Waals surface area contributed by atoms with E-state index >= 15 is 0 Å². The molecule has 5 nitrogen and oxygen atoms in total.